The number of hydrogen-bond donors (Lipinski definition) is 4. The number of anilines is 1. The van der Waals surface area contributed by atoms with Gasteiger partial charge < -0.3 is 25.7 Å². The third kappa shape index (κ3) is 4.92. The molecule has 2 aliphatic rings. The van der Waals surface area contributed by atoms with Crippen molar-refractivity contribution >= 4 is 34.3 Å². The van der Waals surface area contributed by atoms with Crippen LogP contribution in [-0.2, 0) is 9.59 Å². The second-order valence-electron chi connectivity index (χ2n) is 9.93. The molecule has 9 nitrogen and oxygen atoms in total. The molecule has 0 radical (unpaired) electrons. The molecule has 38 heavy (non-hydrogen) atoms. The maximum Gasteiger partial charge on any atom is 0.268 e. The number of methoxy groups -OCH3 is 1. The van der Waals surface area contributed by atoms with Gasteiger partial charge in [-0.15, -0.1) is 0 Å². The summed E-state index contributed by atoms with van der Waals surface area (Å²) in [5.74, 6) is -1.75. The molecule has 10 heteroatoms. The highest BCUT2D eigenvalue weighted by atomic mass is 19.1. The van der Waals surface area contributed by atoms with Crippen LogP contribution in [0.15, 0.2) is 36.4 Å². The lowest BCUT2D eigenvalue weighted by atomic mass is 9.90. The quantitative estimate of drug-likeness (QED) is 0.344. The van der Waals surface area contributed by atoms with Crippen LogP contribution in [0.25, 0.3) is 10.9 Å². The number of fused-ring (bicyclic) bond motifs is 2. The summed E-state index contributed by atoms with van der Waals surface area (Å²) in [7, 11) is 1.55. The van der Waals surface area contributed by atoms with E-state index in [1.807, 2.05) is 18.2 Å². The van der Waals surface area contributed by atoms with E-state index in [9.17, 15) is 24.0 Å². The van der Waals surface area contributed by atoms with E-state index in [0.29, 0.717) is 23.7 Å². The van der Waals surface area contributed by atoms with Gasteiger partial charge in [-0.25, -0.2) is 4.39 Å². The number of nitrogens with one attached hydrogen (secondary N) is 4. The van der Waals surface area contributed by atoms with E-state index in [1.54, 1.807) is 32.2 Å². The summed E-state index contributed by atoms with van der Waals surface area (Å²) in [4.78, 5) is 42.0. The Kier molecular flexibility index (Phi) is 6.76. The Bertz CT molecular complexity index is 1470. The molecule has 0 spiro atoms. The Balaban J connectivity index is 1.30. The van der Waals surface area contributed by atoms with Gasteiger partial charge in [0.15, 0.2) is 0 Å². The van der Waals surface area contributed by atoms with Gasteiger partial charge in [-0.1, -0.05) is 25.0 Å². The number of nitriles is 1. The van der Waals surface area contributed by atoms with Crippen molar-refractivity contribution in [2.75, 3.05) is 12.4 Å². The minimum Gasteiger partial charge on any atom is -0.496 e. The Morgan fingerprint density at radius 2 is 2.00 bits per heavy atom. The van der Waals surface area contributed by atoms with E-state index < -0.39 is 41.5 Å². The zero-order chi connectivity index (χ0) is 27.0. The summed E-state index contributed by atoms with van der Waals surface area (Å²) in [6, 6.07) is 10.1. The maximum atomic E-state index is 14.3. The van der Waals surface area contributed by atoms with Crippen LogP contribution in [0.3, 0.4) is 0 Å². The number of benzene rings is 2. The summed E-state index contributed by atoms with van der Waals surface area (Å²) in [5, 5.41) is 18.6. The van der Waals surface area contributed by atoms with Gasteiger partial charge in [0.25, 0.3) is 5.91 Å². The van der Waals surface area contributed by atoms with E-state index in [-0.39, 0.29) is 17.8 Å². The second-order valence-corrected chi connectivity index (χ2v) is 9.93. The summed E-state index contributed by atoms with van der Waals surface area (Å²) in [6.07, 6.45) is 2.36. The fourth-order valence-corrected chi connectivity index (χ4v) is 5.07. The molecule has 5 rings (SSSR count). The molecule has 1 fully saturated rings. The minimum atomic E-state index is -1.01. The second kappa shape index (κ2) is 10.2. The van der Waals surface area contributed by atoms with E-state index >= 15 is 0 Å². The van der Waals surface area contributed by atoms with Gasteiger partial charge in [0, 0.05) is 10.9 Å². The largest absolute Gasteiger partial charge is 0.496 e. The third-order valence-electron chi connectivity index (χ3n) is 7.25. The molecule has 4 N–H and O–H groups in total. The number of aromatic amines is 1. The summed E-state index contributed by atoms with van der Waals surface area (Å²) in [6.45, 7) is 1.77. The van der Waals surface area contributed by atoms with Gasteiger partial charge in [0.2, 0.25) is 11.8 Å². The van der Waals surface area contributed by atoms with E-state index in [4.69, 9.17) is 4.74 Å². The highest BCUT2D eigenvalue weighted by Crippen LogP contribution is 2.39. The lowest BCUT2D eigenvalue weighted by molar-refractivity contribution is -0.124. The van der Waals surface area contributed by atoms with Crippen LogP contribution in [0.1, 0.15) is 53.2 Å². The van der Waals surface area contributed by atoms with Crippen molar-refractivity contribution in [3.05, 3.63) is 59.0 Å². The highest BCUT2D eigenvalue weighted by Gasteiger charge is 2.37. The average Bonchev–Trinajstić information content (AvgIpc) is 3.51. The average molecular weight is 518 g/mol. The van der Waals surface area contributed by atoms with Crippen molar-refractivity contribution in [1.29, 1.82) is 5.26 Å². The molecule has 3 amide bonds. The molecule has 1 saturated carbocycles. The first kappa shape index (κ1) is 25.3. The first-order chi connectivity index (χ1) is 18.3. The lowest BCUT2D eigenvalue weighted by Gasteiger charge is -2.21. The topological polar surface area (TPSA) is 136 Å². The minimum absolute atomic E-state index is 0.0166. The van der Waals surface area contributed by atoms with Crippen LogP contribution in [0.5, 0.6) is 5.75 Å². The molecule has 196 valence electrons. The van der Waals surface area contributed by atoms with Gasteiger partial charge in [0.05, 0.1) is 24.8 Å². The monoisotopic (exact) mass is 517 g/mol. The highest BCUT2D eigenvalue weighted by molar-refractivity contribution is 6.04. The maximum absolute atomic E-state index is 14.3. The van der Waals surface area contributed by atoms with Gasteiger partial charge in [0.1, 0.15) is 29.3 Å². The molecular weight excluding hydrogens is 489 g/mol. The fraction of sp³-hybridized carbons (Fsp3) is 0.357. The predicted octanol–water partition coefficient (Wildman–Crippen LogP) is 3.66. The van der Waals surface area contributed by atoms with Crippen LogP contribution in [0, 0.1) is 30.0 Å². The Morgan fingerprint density at radius 1 is 1.21 bits per heavy atom. The lowest BCUT2D eigenvalue weighted by Crippen LogP contribution is -2.50. The molecule has 3 aromatic rings. The Labute approximate surface area is 218 Å². The molecule has 2 aromatic carbocycles. The van der Waals surface area contributed by atoms with Crippen molar-refractivity contribution < 1.29 is 23.5 Å². The number of halogens is 1. The molecule has 0 saturated heterocycles. The van der Waals surface area contributed by atoms with Crippen molar-refractivity contribution in [1.82, 2.24) is 15.6 Å². The fourth-order valence-electron chi connectivity index (χ4n) is 5.07. The van der Waals surface area contributed by atoms with Gasteiger partial charge in [-0.05, 0) is 61.1 Å². The molecule has 2 heterocycles. The number of aromatic nitrogens is 1. The summed E-state index contributed by atoms with van der Waals surface area (Å²) < 4.78 is 19.6. The van der Waals surface area contributed by atoms with E-state index in [2.05, 4.69) is 20.9 Å². The van der Waals surface area contributed by atoms with Crippen LogP contribution >= 0.6 is 0 Å². The van der Waals surface area contributed by atoms with Gasteiger partial charge >= 0.3 is 0 Å². The number of H-pyrrole nitrogens is 1. The zero-order valence-corrected chi connectivity index (χ0v) is 21.1. The van der Waals surface area contributed by atoms with E-state index in [1.165, 1.54) is 6.07 Å². The molecule has 1 aromatic heterocycles. The summed E-state index contributed by atoms with van der Waals surface area (Å²) in [5.41, 5.74) is 2.36. The van der Waals surface area contributed by atoms with Crippen molar-refractivity contribution in [2.45, 2.75) is 50.6 Å². The van der Waals surface area contributed by atoms with Gasteiger partial charge in [-0.3, -0.25) is 14.4 Å². The summed E-state index contributed by atoms with van der Waals surface area (Å²) >= 11 is 0. The molecule has 1 aliphatic carbocycles. The normalized spacial score (nSPS) is 17.7. The number of carbonyl (C=O) groups is 3. The van der Waals surface area contributed by atoms with Crippen LogP contribution in [0.4, 0.5) is 10.1 Å². The SMILES string of the molecule is COc1cccc2[nH]c(C(=O)N[C@@H](CC3CC3)C(=O)N[C@H](C#N)C[C@H]3C(=O)Nc4c(F)ccc(C)c43)cc12. The Morgan fingerprint density at radius 3 is 2.71 bits per heavy atom. The number of nitrogens with zero attached hydrogens (tertiary/aromatic N) is 1. The van der Waals surface area contributed by atoms with Crippen LogP contribution in [0.2, 0.25) is 0 Å². The molecule has 1 aliphatic heterocycles. The van der Waals surface area contributed by atoms with Crippen molar-refractivity contribution in [3.63, 3.8) is 0 Å². The number of rotatable bonds is 9. The number of carbonyl (C=O) groups excluding carboxylic acids is 3. The standard InChI is InChI=1S/C28H28FN5O4/c1-14-6-9-19(29)25-24(14)18(26(35)34-25)11-16(13-30)31-27(36)21(10-15-7-8-15)33-28(37)22-12-17-20(32-22)4-3-5-23(17)38-2/h3-6,9,12,15-16,18,21,32H,7-8,10-11H2,1-2H3,(H,31,36)(H,33,37)(H,34,35)/t16-,18+,21-/m0/s1. The number of aryl methyl sites for hydroxylation is 1. The number of amides is 3. The number of hydrogen-bond acceptors (Lipinski definition) is 5. The van der Waals surface area contributed by atoms with Crippen LogP contribution in [-0.4, -0.2) is 41.9 Å². The first-order valence-electron chi connectivity index (χ1n) is 12.6. The number of ether oxygens (including phenoxy) is 1. The molecule has 0 bridgehead atoms. The van der Waals surface area contributed by atoms with Crippen LogP contribution < -0.4 is 20.7 Å². The van der Waals surface area contributed by atoms with Gasteiger partial charge in [-0.2, -0.15) is 5.26 Å². The zero-order valence-electron chi connectivity index (χ0n) is 21.1. The predicted molar refractivity (Wildman–Crippen MR) is 138 cm³/mol. The van der Waals surface area contributed by atoms with E-state index in [0.717, 1.165) is 29.3 Å². The smallest absolute Gasteiger partial charge is 0.268 e. The Hall–Kier alpha value is -4.39. The van der Waals surface area contributed by atoms with Crippen molar-refractivity contribution in [2.24, 2.45) is 5.92 Å². The van der Waals surface area contributed by atoms with Crippen molar-refractivity contribution in [3.8, 4) is 11.8 Å². The molecule has 0 unspecified atom stereocenters. The molecular formula is C28H28FN5O4. The molecule has 3 atom stereocenters. The first-order valence-corrected chi connectivity index (χ1v) is 12.6. The third-order valence-corrected chi connectivity index (χ3v) is 7.25.